The summed E-state index contributed by atoms with van der Waals surface area (Å²) in [6.07, 6.45) is 3.70. The normalized spacial score (nSPS) is 10.3. The molecular weight excluding hydrogens is 305 g/mol. The van der Waals surface area contributed by atoms with Gasteiger partial charge in [0, 0.05) is 12.3 Å². The summed E-state index contributed by atoms with van der Waals surface area (Å²) >= 11 is 2.21. The van der Waals surface area contributed by atoms with Gasteiger partial charge in [-0.2, -0.15) is 10.1 Å². The third-order valence-electron chi connectivity index (χ3n) is 1.79. The quantitative estimate of drug-likeness (QED) is 0.816. The fourth-order valence-corrected chi connectivity index (χ4v) is 1.57. The zero-order valence-corrected chi connectivity index (χ0v) is 10.4. The van der Waals surface area contributed by atoms with E-state index < -0.39 is 0 Å². The molecule has 0 radical (unpaired) electrons. The van der Waals surface area contributed by atoms with Crippen molar-refractivity contribution in [3.05, 3.63) is 34.2 Å². The van der Waals surface area contributed by atoms with Gasteiger partial charge in [0.25, 0.3) is 0 Å². The molecule has 2 aromatic rings. The first-order valence-electron chi connectivity index (χ1n) is 4.60. The fourth-order valence-electron chi connectivity index (χ4n) is 1.19. The largest absolute Gasteiger partial charge is 0.478 e. The van der Waals surface area contributed by atoms with Crippen LogP contribution in [0, 0.1) is 3.57 Å². The molecule has 0 bridgehead atoms. The van der Waals surface area contributed by atoms with Crippen molar-refractivity contribution in [2.45, 2.75) is 6.92 Å². The minimum atomic E-state index is 0.618. The van der Waals surface area contributed by atoms with Crippen molar-refractivity contribution >= 4 is 22.6 Å². The molecule has 0 saturated heterocycles. The van der Waals surface area contributed by atoms with Crippen LogP contribution in [0.1, 0.15) is 6.92 Å². The molecular formula is C10H10IN3O. The van der Waals surface area contributed by atoms with Crippen LogP contribution in [0.2, 0.25) is 0 Å². The molecule has 0 atom stereocenters. The van der Waals surface area contributed by atoms with Gasteiger partial charge in [0.2, 0.25) is 5.88 Å². The molecule has 0 aliphatic heterocycles. The first-order chi connectivity index (χ1) is 7.29. The molecule has 4 nitrogen and oxygen atoms in total. The van der Waals surface area contributed by atoms with Gasteiger partial charge in [0.1, 0.15) is 0 Å². The average Bonchev–Trinajstić information content (AvgIpc) is 2.66. The van der Waals surface area contributed by atoms with Crippen molar-refractivity contribution in [3.8, 4) is 11.7 Å². The maximum Gasteiger partial charge on any atom is 0.215 e. The number of hydrogen-bond acceptors (Lipinski definition) is 3. The van der Waals surface area contributed by atoms with Gasteiger partial charge in [0.15, 0.2) is 5.82 Å². The number of nitrogens with zero attached hydrogens (tertiary/aromatic N) is 3. The molecule has 2 heterocycles. The van der Waals surface area contributed by atoms with Crippen LogP contribution < -0.4 is 4.74 Å². The van der Waals surface area contributed by atoms with Crippen molar-refractivity contribution in [1.82, 2.24) is 14.8 Å². The van der Waals surface area contributed by atoms with Gasteiger partial charge in [-0.1, -0.05) is 6.07 Å². The van der Waals surface area contributed by atoms with Gasteiger partial charge in [0.05, 0.1) is 16.4 Å². The standard InChI is InChI=1S/C10H10IN3O/c1-2-15-10-5-3-4-9(13-10)14-7-8(11)6-12-14/h3-7H,2H2,1H3. The summed E-state index contributed by atoms with van der Waals surface area (Å²) in [5.41, 5.74) is 0. The van der Waals surface area contributed by atoms with Crippen LogP contribution in [-0.2, 0) is 0 Å². The average molecular weight is 315 g/mol. The molecule has 0 aromatic carbocycles. The lowest BCUT2D eigenvalue weighted by atomic mass is 10.4. The number of hydrogen-bond donors (Lipinski definition) is 0. The zero-order chi connectivity index (χ0) is 10.7. The summed E-state index contributed by atoms with van der Waals surface area (Å²) in [5, 5.41) is 4.18. The Hall–Kier alpha value is -1.11. The molecule has 0 fully saturated rings. The smallest absolute Gasteiger partial charge is 0.215 e. The van der Waals surface area contributed by atoms with Gasteiger partial charge in [-0.05, 0) is 35.6 Å². The van der Waals surface area contributed by atoms with E-state index in [1.54, 1.807) is 10.9 Å². The topological polar surface area (TPSA) is 39.9 Å². The van der Waals surface area contributed by atoms with E-state index >= 15 is 0 Å². The first-order valence-corrected chi connectivity index (χ1v) is 5.68. The molecule has 0 aliphatic carbocycles. The summed E-state index contributed by atoms with van der Waals surface area (Å²) in [5.74, 6) is 1.39. The van der Waals surface area contributed by atoms with Crippen molar-refractivity contribution < 1.29 is 4.74 Å². The van der Waals surface area contributed by atoms with Crippen LogP contribution in [-0.4, -0.2) is 21.4 Å². The monoisotopic (exact) mass is 315 g/mol. The van der Waals surface area contributed by atoms with E-state index in [1.165, 1.54) is 0 Å². The molecule has 0 saturated carbocycles. The fraction of sp³-hybridized carbons (Fsp3) is 0.200. The van der Waals surface area contributed by atoms with Gasteiger partial charge in [-0.3, -0.25) is 0 Å². The van der Waals surface area contributed by atoms with Crippen molar-refractivity contribution in [2.75, 3.05) is 6.61 Å². The van der Waals surface area contributed by atoms with E-state index in [4.69, 9.17) is 4.74 Å². The Labute approximate surface area is 101 Å². The van der Waals surface area contributed by atoms with E-state index in [9.17, 15) is 0 Å². The Bertz CT molecular complexity index is 455. The Morgan fingerprint density at radius 2 is 2.33 bits per heavy atom. The lowest BCUT2D eigenvalue weighted by Gasteiger charge is -2.04. The molecule has 5 heteroatoms. The van der Waals surface area contributed by atoms with E-state index in [0.29, 0.717) is 12.5 Å². The number of ether oxygens (including phenoxy) is 1. The molecule has 2 aromatic heterocycles. The van der Waals surface area contributed by atoms with Crippen LogP contribution in [0.3, 0.4) is 0 Å². The van der Waals surface area contributed by atoms with Crippen LogP contribution in [0.4, 0.5) is 0 Å². The van der Waals surface area contributed by atoms with Crippen molar-refractivity contribution in [2.24, 2.45) is 0 Å². The van der Waals surface area contributed by atoms with Crippen molar-refractivity contribution in [3.63, 3.8) is 0 Å². The zero-order valence-electron chi connectivity index (χ0n) is 8.22. The van der Waals surface area contributed by atoms with E-state index in [-0.39, 0.29) is 0 Å². The third-order valence-corrected chi connectivity index (χ3v) is 2.34. The van der Waals surface area contributed by atoms with Crippen LogP contribution in [0.25, 0.3) is 5.82 Å². The second kappa shape index (κ2) is 4.61. The summed E-state index contributed by atoms with van der Waals surface area (Å²) in [7, 11) is 0. The van der Waals surface area contributed by atoms with Gasteiger partial charge in [-0.25, -0.2) is 4.68 Å². The number of aromatic nitrogens is 3. The third kappa shape index (κ3) is 2.47. The second-order valence-electron chi connectivity index (χ2n) is 2.87. The molecule has 2 rings (SSSR count). The van der Waals surface area contributed by atoms with Crippen LogP contribution >= 0.6 is 22.6 Å². The van der Waals surface area contributed by atoms with Gasteiger partial charge >= 0.3 is 0 Å². The minimum absolute atomic E-state index is 0.618. The van der Waals surface area contributed by atoms with Crippen LogP contribution in [0.5, 0.6) is 5.88 Å². The number of rotatable bonds is 3. The molecule has 15 heavy (non-hydrogen) atoms. The summed E-state index contributed by atoms with van der Waals surface area (Å²) < 4.78 is 8.13. The molecule has 0 unspecified atom stereocenters. The Morgan fingerprint density at radius 1 is 1.47 bits per heavy atom. The molecule has 0 spiro atoms. The van der Waals surface area contributed by atoms with Gasteiger partial charge in [-0.15, -0.1) is 0 Å². The molecule has 78 valence electrons. The highest BCUT2D eigenvalue weighted by atomic mass is 127. The summed E-state index contributed by atoms with van der Waals surface area (Å²) in [6.45, 7) is 2.55. The number of halogens is 1. The molecule has 0 aliphatic rings. The predicted molar refractivity (Wildman–Crippen MR) is 65.2 cm³/mol. The highest BCUT2D eigenvalue weighted by molar-refractivity contribution is 14.1. The van der Waals surface area contributed by atoms with Crippen molar-refractivity contribution in [1.29, 1.82) is 0 Å². The predicted octanol–water partition coefficient (Wildman–Crippen LogP) is 2.27. The highest BCUT2D eigenvalue weighted by Crippen LogP contribution is 2.12. The van der Waals surface area contributed by atoms with E-state index in [2.05, 4.69) is 32.7 Å². The maximum absolute atomic E-state index is 5.32. The highest BCUT2D eigenvalue weighted by Gasteiger charge is 2.01. The van der Waals surface area contributed by atoms with Crippen LogP contribution in [0.15, 0.2) is 30.6 Å². The van der Waals surface area contributed by atoms with E-state index in [0.717, 1.165) is 9.39 Å². The Balaban J connectivity index is 2.32. The number of pyridine rings is 1. The first kappa shape index (κ1) is 10.4. The summed E-state index contributed by atoms with van der Waals surface area (Å²) in [6, 6.07) is 5.63. The molecule has 0 amide bonds. The summed E-state index contributed by atoms with van der Waals surface area (Å²) in [4.78, 5) is 4.32. The Morgan fingerprint density at radius 3 is 3.00 bits per heavy atom. The van der Waals surface area contributed by atoms with E-state index in [1.807, 2.05) is 31.3 Å². The maximum atomic E-state index is 5.32. The second-order valence-corrected chi connectivity index (χ2v) is 4.12. The lowest BCUT2D eigenvalue weighted by Crippen LogP contribution is -2.00. The molecule has 0 N–H and O–H groups in total. The SMILES string of the molecule is CCOc1cccc(-n2cc(I)cn2)n1. The minimum Gasteiger partial charge on any atom is -0.478 e. The lowest BCUT2D eigenvalue weighted by molar-refractivity contribution is 0.326. The Kier molecular flexibility index (Phi) is 3.20. The van der Waals surface area contributed by atoms with Gasteiger partial charge < -0.3 is 4.74 Å².